The lowest BCUT2D eigenvalue weighted by atomic mass is 9.92. The second-order valence-corrected chi connectivity index (χ2v) is 3.83. The van der Waals surface area contributed by atoms with Gasteiger partial charge in [-0.3, -0.25) is 4.79 Å². The van der Waals surface area contributed by atoms with E-state index in [2.05, 4.69) is 0 Å². The van der Waals surface area contributed by atoms with Gasteiger partial charge in [-0.25, -0.2) is 0 Å². The Kier molecular flexibility index (Phi) is 3.02. The summed E-state index contributed by atoms with van der Waals surface area (Å²) in [5, 5.41) is 8.80. The van der Waals surface area contributed by atoms with Gasteiger partial charge in [0, 0.05) is 12.5 Å². The normalized spacial score (nSPS) is 20.4. The second-order valence-electron chi connectivity index (χ2n) is 3.83. The molecule has 1 heterocycles. The van der Waals surface area contributed by atoms with E-state index >= 15 is 0 Å². The second kappa shape index (κ2) is 4.45. The maximum atomic E-state index is 10.7. The van der Waals surface area contributed by atoms with Gasteiger partial charge in [-0.15, -0.1) is 0 Å². The first kappa shape index (κ1) is 10.2. The summed E-state index contributed by atoms with van der Waals surface area (Å²) in [5.74, 6) is -0.401. The summed E-state index contributed by atoms with van der Waals surface area (Å²) in [6.07, 6.45) is 1.10. The molecule has 0 saturated carbocycles. The summed E-state index contributed by atoms with van der Waals surface area (Å²) in [7, 11) is 0. The number of carbonyl (C=O) groups is 1. The Morgan fingerprint density at radius 3 is 2.93 bits per heavy atom. The molecule has 1 aromatic rings. The molecule has 0 aromatic heterocycles. The highest BCUT2D eigenvalue weighted by Crippen LogP contribution is 2.28. The van der Waals surface area contributed by atoms with Crippen molar-refractivity contribution in [3.05, 3.63) is 35.4 Å². The fourth-order valence-corrected chi connectivity index (χ4v) is 2.04. The third kappa shape index (κ3) is 2.36. The largest absolute Gasteiger partial charge is 0.481 e. The number of carboxylic acids is 1. The van der Waals surface area contributed by atoms with Gasteiger partial charge < -0.3 is 9.84 Å². The first-order chi connectivity index (χ1) is 7.27. The number of hydrogen-bond donors (Lipinski definition) is 1. The van der Waals surface area contributed by atoms with E-state index in [1.54, 1.807) is 0 Å². The summed E-state index contributed by atoms with van der Waals surface area (Å²) in [4.78, 5) is 10.7. The topological polar surface area (TPSA) is 46.5 Å². The fraction of sp³-hybridized carbons (Fsp3) is 0.417. The summed E-state index contributed by atoms with van der Waals surface area (Å²) < 4.78 is 5.32. The van der Waals surface area contributed by atoms with Crippen LogP contribution in [0.4, 0.5) is 0 Å². The molecule has 1 N–H and O–H groups in total. The van der Waals surface area contributed by atoms with E-state index in [1.165, 1.54) is 0 Å². The SMILES string of the molecule is O=C(O)Cc1ccccc1C1CCOC1. The highest BCUT2D eigenvalue weighted by atomic mass is 16.5. The number of ether oxygens (including phenoxy) is 1. The van der Waals surface area contributed by atoms with Gasteiger partial charge in [0.05, 0.1) is 13.0 Å². The predicted molar refractivity (Wildman–Crippen MR) is 56.0 cm³/mol. The zero-order chi connectivity index (χ0) is 10.7. The van der Waals surface area contributed by atoms with Crippen LogP contribution in [0.15, 0.2) is 24.3 Å². The Balaban J connectivity index is 2.24. The number of rotatable bonds is 3. The van der Waals surface area contributed by atoms with Crippen molar-refractivity contribution in [1.82, 2.24) is 0 Å². The van der Waals surface area contributed by atoms with Crippen LogP contribution < -0.4 is 0 Å². The minimum Gasteiger partial charge on any atom is -0.481 e. The molecule has 0 bridgehead atoms. The minimum atomic E-state index is -0.777. The standard InChI is InChI=1S/C12H14O3/c13-12(14)7-9-3-1-2-4-11(9)10-5-6-15-8-10/h1-4,10H,5-8H2,(H,13,14). The molecule has 1 aliphatic heterocycles. The van der Waals surface area contributed by atoms with E-state index in [0.717, 1.165) is 30.8 Å². The number of benzene rings is 1. The van der Waals surface area contributed by atoms with Crippen molar-refractivity contribution in [1.29, 1.82) is 0 Å². The van der Waals surface area contributed by atoms with Crippen LogP contribution in [0.2, 0.25) is 0 Å². The van der Waals surface area contributed by atoms with E-state index in [9.17, 15) is 4.79 Å². The Bertz CT molecular complexity index is 354. The Morgan fingerprint density at radius 2 is 2.27 bits per heavy atom. The highest BCUT2D eigenvalue weighted by molar-refractivity contribution is 5.70. The molecule has 1 aromatic carbocycles. The molecule has 1 atom stereocenters. The van der Waals surface area contributed by atoms with E-state index in [-0.39, 0.29) is 6.42 Å². The van der Waals surface area contributed by atoms with E-state index in [4.69, 9.17) is 9.84 Å². The molecular weight excluding hydrogens is 192 g/mol. The number of carboxylic acid groups (broad SMARTS) is 1. The van der Waals surface area contributed by atoms with Gasteiger partial charge in [-0.2, -0.15) is 0 Å². The van der Waals surface area contributed by atoms with Gasteiger partial charge in [0.2, 0.25) is 0 Å². The average molecular weight is 206 g/mol. The van der Waals surface area contributed by atoms with Gasteiger partial charge in [0.25, 0.3) is 0 Å². The Hall–Kier alpha value is -1.35. The molecular formula is C12H14O3. The van der Waals surface area contributed by atoms with Gasteiger partial charge in [0.1, 0.15) is 0 Å². The molecule has 0 spiro atoms. The number of aliphatic carboxylic acids is 1. The van der Waals surface area contributed by atoms with Crippen molar-refractivity contribution >= 4 is 5.97 Å². The summed E-state index contributed by atoms with van der Waals surface area (Å²) >= 11 is 0. The molecule has 80 valence electrons. The quantitative estimate of drug-likeness (QED) is 0.820. The molecule has 3 heteroatoms. The van der Waals surface area contributed by atoms with Crippen LogP contribution in [0, 0.1) is 0 Å². The molecule has 1 saturated heterocycles. The zero-order valence-corrected chi connectivity index (χ0v) is 8.48. The van der Waals surface area contributed by atoms with E-state index in [1.807, 2.05) is 24.3 Å². The monoisotopic (exact) mass is 206 g/mol. The van der Waals surface area contributed by atoms with E-state index < -0.39 is 5.97 Å². The number of hydrogen-bond acceptors (Lipinski definition) is 2. The lowest BCUT2D eigenvalue weighted by Crippen LogP contribution is -2.07. The van der Waals surface area contributed by atoms with Crippen LogP contribution in [-0.4, -0.2) is 24.3 Å². The van der Waals surface area contributed by atoms with Crippen LogP contribution >= 0.6 is 0 Å². The van der Waals surface area contributed by atoms with Crippen LogP contribution in [-0.2, 0) is 16.0 Å². The van der Waals surface area contributed by atoms with E-state index in [0.29, 0.717) is 5.92 Å². The molecule has 1 aliphatic rings. The van der Waals surface area contributed by atoms with Crippen molar-refractivity contribution < 1.29 is 14.6 Å². The van der Waals surface area contributed by atoms with Crippen molar-refractivity contribution in [3.8, 4) is 0 Å². The van der Waals surface area contributed by atoms with Gasteiger partial charge in [-0.1, -0.05) is 24.3 Å². The van der Waals surface area contributed by atoms with Gasteiger partial charge >= 0.3 is 5.97 Å². The zero-order valence-electron chi connectivity index (χ0n) is 8.48. The van der Waals surface area contributed by atoms with Gasteiger partial charge in [0.15, 0.2) is 0 Å². The lowest BCUT2D eigenvalue weighted by Gasteiger charge is -2.12. The van der Waals surface area contributed by atoms with Gasteiger partial charge in [-0.05, 0) is 17.5 Å². The Labute approximate surface area is 88.7 Å². The first-order valence-electron chi connectivity index (χ1n) is 5.14. The molecule has 15 heavy (non-hydrogen) atoms. The minimum absolute atomic E-state index is 0.104. The summed E-state index contributed by atoms with van der Waals surface area (Å²) in [6, 6.07) is 7.75. The maximum absolute atomic E-state index is 10.7. The van der Waals surface area contributed by atoms with Crippen molar-refractivity contribution in [2.75, 3.05) is 13.2 Å². The third-order valence-corrected chi connectivity index (χ3v) is 2.77. The highest BCUT2D eigenvalue weighted by Gasteiger charge is 2.20. The maximum Gasteiger partial charge on any atom is 0.307 e. The van der Waals surface area contributed by atoms with Crippen molar-refractivity contribution in [2.24, 2.45) is 0 Å². The van der Waals surface area contributed by atoms with Crippen LogP contribution in [0.25, 0.3) is 0 Å². The van der Waals surface area contributed by atoms with Crippen LogP contribution in [0.3, 0.4) is 0 Å². The lowest BCUT2D eigenvalue weighted by molar-refractivity contribution is -0.136. The Morgan fingerprint density at radius 1 is 1.47 bits per heavy atom. The predicted octanol–water partition coefficient (Wildman–Crippen LogP) is 1.82. The van der Waals surface area contributed by atoms with Crippen LogP contribution in [0.5, 0.6) is 0 Å². The summed E-state index contributed by atoms with van der Waals surface area (Å²) in [6.45, 7) is 1.50. The first-order valence-corrected chi connectivity index (χ1v) is 5.14. The molecule has 0 radical (unpaired) electrons. The van der Waals surface area contributed by atoms with Crippen molar-refractivity contribution in [2.45, 2.75) is 18.8 Å². The molecule has 2 rings (SSSR count). The van der Waals surface area contributed by atoms with Crippen LogP contribution in [0.1, 0.15) is 23.5 Å². The van der Waals surface area contributed by atoms with Crippen molar-refractivity contribution in [3.63, 3.8) is 0 Å². The smallest absolute Gasteiger partial charge is 0.307 e. The third-order valence-electron chi connectivity index (χ3n) is 2.77. The molecule has 1 unspecified atom stereocenters. The molecule has 0 aliphatic carbocycles. The average Bonchev–Trinajstić information content (AvgIpc) is 2.70. The summed E-state index contributed by atoms with van der Waals surface area (Å²) in [5.41, 5.74) is 2.05. The molecule has 0 amide bonds. The fourth-order valence-electron chi connectivity index (χ4n) is 2.04. The molecule has 1 fully saturated rings. The molecule has 3 nitrogen and oxygen atoms in total.